The molecule has 3 nitrogen and oxygen atoms in total. The highest BCUT2D eigenvalue weighted by atomic mass is 35.5. The number of carbonyl (C=O) groups is 1. The summed E-state index contributed by atoms with van der Waals surface area (Å²) >= 11 is 5.96. The smallest absolute Gasteiger partial charge is 0.331 e. The molecule has 0 aliphatic heterocycles. The van der Waals surface area contributed by atoms with Gasteiger partial charge in [-0.15, -0.1) is 0 Å². The lowest BCUT2D eigenvalue weighted by Crippen LogP contribution is -2.02. The van der Waals surface area contributed by atoms with Crippen LogP contribution in [0.5, 0.6) is 5.75 Å². The lowest BCUT2D eigenvalue weighted by Gasteiger charge is -2.10. The van der Waals surface area contributed by atoms with Crippen LogP contribution in [0.2, 0.25) is 5.02 Å². The number of benzene rings is 2. The van der Waals surface area contributed by atoms with Crippen molar-refractivity contribution in [1.29, 1.82) is 0 Å². The zero-order valence-corrected chi connectivity index (χ0v) is 14.7. The van der Waals surface area contributed by atoms with Crippen LogP contribution in [0.15, 0.2) is 54.6 Å². The first-order valence-electron chi connectivity index (χ1n) is 8.01. The summed E-state index contributed by atoms with van der Waals surface area (Å²) in [6, 6.07) is 15.0. The first-order valence-corrected chi connectivity index (χ1v) is 8.39. The van der Waals surface area contributed by atoms with Gasteiger partial charge in [0, 0.05) is 11.1 Å². The van der Waals surface area contributed by atoms with E-state index < -0.39 is 0 Å². The molecular formula is C20H21ClO3. The predicted molar refractivity (Wildman–Crippen MR) is 97.4 cm³/mol. The van der Waals surface area contributed by atoms with Gasteiger partial charge in [0.05, 0.1) is 13.2 Å². The third-order valence-corrected chi connectivity index (χ3v) is 3.59. The highest BCUT2D eigenvalue weighted by Gasteiger charge is 2.09. The Bertz CT molecular complexity index is 688. The van der Waals surface area contributed by atoms with Gasteiger partial charge in [0.1, 0.15) is 5.75 Å². The van der Waals surface area contributed by atoms with Crippen LogP contribution < -0.4 is 4.74 Å². The van der Waals surface area contributed by atoms with Crippen LogP contribution in [0.4, 0.5) is 0 Å². The minimum absolute atomic E-state index is 0.340. The van der Waals surface area contributed by atoms with Gasteiger partial charge in [0.2, 0.25) is 0 Å². The summed E-state index contributed by atoms with van der Waals surface area (Å²) in [6.07, 6.45) is 2.47. The zero-order chi connectivity index (χ0) is 17.4. The minimum Gasteiger partial charge on any atom is -0.494 e. The van der Waals surface area contributed by atoms with Crippen LogP contribution in [-0.4, -0.2) is 19.2 Å². The van der Waals surface area contributed by atoms with E-state index in [4.69, 9.17) is 21.1 Å². The van der Waals surface area contributed by atoms with Gasteiger partial charge in [-0.3, -0.25) is 0 Å². The van der Waals surface area contributed by atoms with Gasteiger partial charge in [-0.1, -0.05) is 42.8 Å². The summed E-state index contributed by atoms with van der Waals surface area (Å²) in [5, 5.41) is 0.651. The first kappa shape index (κ1) is 18.1. The Kier molecular flexibility index (Phi) is 6.89. The van der Waals surface area contributed by atoms with Gasteiger partial charge in [0.15, 0.2) is 0 Å². The predicted octanol–water partition coefficient (Wildman–Crippen LogP) is 5.12. The van der Waals surface area contributed by atoms with E-state index in [-0.39, 0.29) is 5.97 Å². The molecule has 126 valence electrons. The van der Waals surface area contributed by atoms with E-state index >= 15 is 0 Å². The van der Waals surface area contributed by atoms with E-state index in [1.807, 2.05) is 36.4 Å². The maximum absolute atomic E-state index is 11.9. The maximum atomic E-state index is 11.9. The van der Waals surface area contributed by atoms with Crippen LogP contribution in [0.3, 0.4) is 0 Å². The molecule has 0 saturated carbocycles. The fourth-order valence-corrected chi connectivity index (χ4v) is 2.34. The second kappa shape index (κ2) is 9.14. The molecule has 4 heteroatoms. The van der Waals surface area contributed by atoms with Gasteiger partial charge in [-0.05, 0) is 54.3 Å². The van der Waals surface area contributed by atoms with Crippen molar-refractivity contribution in [3.63, 3.8) is 0 Å². The van der Waals surface area contributed by atoms with E-state index in [0.717, 1.165) is 28.9 Å². The highest BCUT2D eigenvalue weighted by Crippen LogP contribution is 2.26. The summed E-state index contributed by atoms with van der Waals surface area (Å²) in [5.74, 6) is 0.445. The second-order valence-corrected chi connectivity index (χ2v) is 5.63. The van der Waals surface area contributed by atoms with Crippen LogP contribution in [0, 0.1) is 0 Å². The second-order valence-electron chi connectivity index (χ2n) is 5.19. The highest BCUT2D eigenvalue weighted by molar-refractivity contribution is 6.30. The summed E-state index contributed by atoms with van der Waals surface area (Å²) in [7, 11) is 0. The van der Waals surface area contributed by atoms with E-state index in [9.17, 15) is 4.79 Å². The number of hydrogen-bond donors (Lipinski definition) is 0. The molecule has 2 rings (SSSR count). The number of esters is 1. The Labute approximate surface area is 147 Å². The van der Waals surface area contributed by atoms with Crippen LogP contribution in [0.1, 0.15) is 31.4 Å². The van der Waals surface area contributed by atoms with Crippen molar-refractivity contribution in [3.05, 3.63) is 70.8 Å². The molecule has 0 N–H and O–H groups in total. The molecule has 0 aromatic heterocycles. The molecule has 2 aromatic carbocycles. The number of carbonyl (C=O) groups excluding carboxylic acids is 1. The van der Waals surface area contributed by atoms with E-state index in [1.54, 1.807) is 19.1 Å². The third kappa shape index (κ3) is 5.14. The van der Waals surface area contributed by atoms with E-state index in [2.05, 4.69) is 6.92 Å². The van der Waals surface area contributed by atoms with Gasteiger partial charge in [-0.2, -0.15) is 0 Å². The average Bonchev–Trinajstić information content (AvgIpc) is 2.60. The summed E-state index contributed by atoms with van der Waals surface area (Å²) < 4.78 is 10.7. The number of halogens is 1. The van der Waals surface area contributed by atoms with Crippen molar-refractivity contribution >= 4 is 23.1 Å². The Morgan fingerprint density at radius 3 is 2.12 bits per heavy atom. The third-order valence-electron chi connectivity index (χ3n) is 3.34. The van der Waals surface area contributed by atoms with Gasteiger partial charge >= 0.3 is 5.97 Å². The standard InChI is InChI=1S/C20H21ClO3/c1-3-13-24-18-11-7-16(8-12-18)19(14-20(22)23-4-2)15-5-9-17(21)10-6-15/h5-12,14H,3-4,13H2,1-2H3/b19-14+. The Morgan fingerprint density at radius 2 is 1.58 bits per heavy atom. The number of hydrogen-bond acceptors (Lipinski definition) is 3. The van der Waals surface area contributed by atoms with Gasteiger partial charge < -0.3 is 9.47 Å². The molecule has 24 heavy (non-hydrogen) atoms. The lowest BCUT2D eigenvalue weighted by atomic mass is 9.97. The Hall–Kier alpha value is -2.26. The Balaban J connectivity index is 2.34. The number of rotatable bonds is 7. The Morgan fingerprint density at radius 1 is 1.00 bits per heavy atom. The minimum atomic E-state index is -0.367. The SMILES string of the molecule is CCCOc1ccc(/C(=C/C(=O)OCC)c2ccc(Cl)cc2)cc1. The molecule has 0 radical (unpaired) electrons. The van der Waals surface area contributed by atoms with Crippen molar-refractivity contribution in [2.45, 2.75) is 20.3 Å². The van der Waals surface area contributed by atoms with Gasteiger partial charge in [0.25, 0.3) is 0 Å². The summed E-state index contributed by atoms with van der Waals surface area (Å²) in [5.41, 5.74) is 2.59. The van der Waals surface area contributed by atoms with E-state index in [1.165, 1.54) is 6.08 Å². The van der Waals surface area contributed by atoms with Crippen LogP contribution in [0.25, 0.3) is 5.57 Å². The summed E-state index contributed by atoms with van der Waals surface area (Å²) in [4.78, 5) is 11.9. The van der Waals surface area contributed by atoms with Crippen molar-refractivity contribution in [3.8, 4) is 5.75 Å². The van der Waals surface area contributed by atoms with Crippen molar-refractivity contribution in [2.75, 3.05) is 13.2 Å². The molecule has 0 spiro atoms. The molecule has 0 atom stereocenters. The molecule has 0 unspecified atom stereocenters. The largest absolute Gasteiger partial charge is 0.494 e. The molecule has 0 bridgehead atoms. The molecule has 0 saturated heterocycles. The molecule has 0 aliphatic rings. The van der Waals surface area contributed by atoms with Gasteiger partial charge in [-0.25, -0.2) is 4.79 Å². The van der Waals surface area contributed by atoms with Crippen molar-refractivity contribution in [1.82, 2.24) is 0 Å². The molecular weight excluding hydrogens is 324 g/mol. The molecule has 0 heterocycles. The fourth-order valence-electron chi connectivity index (χ4n) is 2.22. The molecule has 2 aromatic rings. The average molecular weight is 345 g/mol. The van der Waals surface area contributed by atoms with Crippen molar-refractivity contribution in [2.24, 2.45) is 0 Å². The normalized spacial score (nSPS) is 11.2. The quantitative estimate of drug-likeness (QED) is 0.516. The van der Waals surface area contributed by atoms with Crippen LogP contribution in [-0.2, 0) is 9.53 Å². The maximum Gasteiger partial charge on any atom is 0.331 e. The lowest BCUT2D eigenvalue weighted by molar-refractivity contribution is -0.137. The number of ether oxygens (including phenoxy) is 2. The topological polar surface area (TPSA) is 35.5 Å². The van der Waals surface area contributed by atoms with Crippen LogP contribution >= 0.6 is 11.6 Å². The summed E-state index contributed by atoms with van der Waals surface area (Å²) in [6.45, 7) is 4.87. The first-order chi connectivity index (χ1) is 11.6. The monoisotopic (exact) mass is 344 g/mol. The molecule has 0 fully saturated rings. The molecule has 0 amide bonds. The fraction of sp³-hybridized carbons (Fsp3) is 0.250. The van der Waals surface area contributed by atoms with Crippen molar-refractivity contribution < 1.29 is 14.3 Å². The van der Waals surface area contributed by atoms with E-state index in [0.29, 0.717) is 18.2 Å². The zero-order valence-electron chi connectivity index (χ0n) is 13.9. The molecule has 0 aliphatic carbocycles.